The van der Waals surface area contributed by atoms with Crippen LogP contribution in [-0.4, -0.2) is 28.0 Å². The molecule has 0 atom stereocenters. The highest BCUT2D eigenvalue weighted by molar-refractivity contribution is 5.99. The van der Waals surface area contributed by atoms with E-state index in [1.165, 1.54) is 7.05 Å². The van der Waals surface area contributed by atoms with Gasteiger partial charge in [-0.1, -0.05) is 5.16 Å². The molecule has 110 valence electrons. The van der Waals surface area contributed by atoms with Crippen molar-refractivity contribution in [3.05, 3.63) is 45.8 Å². The first-order valence-electron chi connectivity index (χ1n) is 5.72. The van der Waals surface area contributed by atoms with E-state index in [2.05, 4.69) is 25.3 Å². The van der Waals surface area contributed by atoms with E-state index in [4.69, 9.17) is 0 Å². The molecular formula is C11H10FN5O4. The Kier molecular flexibility index (Phi) is 4.07. The number of aromatic nitrogens is 2. The van der Waals surface area contributed by atoms with Gasteiger partial charge >= 0.3 is 0 Å². The Morgan fingerprint density at radius 1 is 1.52 bits per heavy atom. The van der Waals surface area contributed by atoms with Crippen molar-refractivity contribution >= 4 is 17.3 Å². The second kappa shape index (κ2) is 5.94. The number of hydrogen-bond donors (Lipinski definition) is 2. The standard InChI is InChI=1S/C11H10FN5O4/c1-13-8-2-6(9(17(19)20)3-7(8)12)11(18)14-4-10-15-5-21-16-10/h2-3,5,13H,4H2,1H3,(H,14,18). The van der Waals surface area contributed by atoms with Gasteiger partial charge in [0.1, 0.15) is 5.56 Å². The summed E-state index contributed by atoms with van der Waals surface area (Å²) in [6.07, 6.45) is 1.08. The molecular weight excluding hydrogens is 285 g/mol. The fourth-order valence-electron chi connectivity index (χ4n) is 1.61. The molecule has 9 nitrogen and oxygen atoms in total. The number of hydrogen-bond acceptors (Lipinski definition) is 7. The highest BCUT2D eigenvalue weighted by atomic mass is 19.1. The lowest BCUT2D eigenvalue weighted by atomic mass is 10.1. The van der Waals surface area contributed by atoms with Gasteiger partial charge in [0.2, 0.25) is 6.39 Å². The van der Waals surface area contributed by atoms with E-state index >= 15 is 0 Å². The van der Waals surface area contributed by atoms with Gasteiger partial charge in [0.15, 0.2) is 11.6 Å². The second-order valence-electron chi connectivity index (χ2n) is 3.89. The van der Waals surface area contributed by atoms with Crippen molar-refractivity contribution in [3.63, 3.8) is 0 Å². The Bertz CT molecular complexity index is 674. The Labute approximate surface area is 117 Å². The third-order valence-electron chi connectivity index (χ3n) is 2.61. The summed E-state index contributed by atoms with van der Waals surface area (Å²) in [5, 5.41) is 19.3. The highest BCUT2D eigenvalue weighted by Gasteiger charge is 2.23. The maximum atomic E-state index is 13.5. The molecule has 1 amide bonds. The van der Waals surface area contributed by atoms with Gasteiger partial charge < -0.3 is 15.2 Å². The fraction of sp³-hybridized carbons (Fsp3) is 0.182. The smallest absolute Gasteiger partial charge is 0.285 e. The minimum Gasteiger partial charge on any atom is -0.386 e. The van der Waals surface area contributed by atoms with Gasteiger partial charge in [-0.2, -0.15) is 4.98 Å². The molecule has 0 aliphatic heterocycles. The van der Waals surface area contributed by atoms with Crippen molar-refractivity contribution in [2.24, 2.45) is 0 Å². The largest absolute Gasteiger partial charge is 0.386 e. The lowest BCUT2D eigenvalue weighted by molar-refractivity contribution is -0.385. The van der Waals surface area contributed by atoms with E-state index in [9.17, 15) is 19.3 Å². The summed E-state index contributed by atoms with van der Waals surface area (Å²) < 4.78 is 18.0. The van der Waals surface area contributed by atoms with Gasteiger partial charge in [0, 0.05) is 7.05 Å². The van der Waals surface area contributed by atoms with Gasteiger partial charge in [-0.3, -0.25) is 14.9 Å². The van der Waals surface area contributed by atoms with Crippen molar-refractivity contribution < 1.29 is 18.6 Å². The molecule has 0 fully saturated rings. The lowest BCUT2D eigenvalue weighted by Crippen LogP contribution is -2.24. The quantitative estimate of drug-likeness (QED) is 0.625. The normalized spacial score (nSPS) is 10.2. The van der Waals surface area contributed by atoms with E-state index in [1.54, 1.807) is 0 Å². The number of anilines is 1. The molecule has 2 aromatic rings. The summed E-state index contributed by atoms with van der Waals surface area (Å²) in [7, 11) is 1.44. The van der Waals surface area contributed by atoms with Crippen LogP contribution in [0.5, 0.6) is 0 Å². The van der Waals surface area contributed by atoms with Crippen LogP contribution in [0.25, 0.3) is 0 Å². The maximum Gasteiger partial charge on any atom is 0.285 e. The van der Waals surface area contributed by atoms with Crippen molar-refractivity contribution in [2.75, 3.05) is 12.4 Å². The first-order valence-corrected chi connectivity index (χ1v) is 5.72. The molecule has 0 saturated carbocycles. The zero-order chi connectivity index (χ0) is 15.4. The number of amides is 1. The van der Waals surface area contributed by atoms with Gasteiger partial charge in [-0.15, -0.1) is 0 Å². The summed E-state index contributed by atoms with van der Waals surface area (Å²) in [4.78, 5) is 25.8. The molecule has 0 aliphatic rings. The highest BCUT2D eigenvalue weighted by Crippen LogP contribution is 2.25. The van der Waals surface area contributed by atoms with Crippen LogP contribution in [-0.2, 0) is 6.54 Å². The van der Waals surface area contributed by atoms with Crippen molar-refractivity contribution in [3.8, 4) is 0 Å². The van der Waals surface area contributed by atoms with Gasteiger partial charge in [-0.25, -0.2) is 4.39 Å². The van der Waals surface area contributed by atoms with Crippen LogP contribution in [0.2, 0.25) is 0 Å². The fourth-order valence-corrected chi connectivity index (χ4v) is 1.61. The lowest BCUT2D eigenvalue weighted by Gasteiger charge is -2.07. The number of halogens is 1. The number of benzene rings is 1. The van der Waals surface area contributed by atoms with Crippen molar-refractivity contribution in [2.45, 2.75) is 6.54 Å². The van der Waals surface area contributed by atoms with Gasteiger partial charge in [-0.05, 0) is 6.07 Å². The van der Waals surface area contributed by atoms with Crippen LogP contribution in [0.1, 0.15) is 16.2 Å². The minimum absolute atomic E-state index is 0.0229. The Hall–Kier alpha value is -3.04. The third-order valence-corrected chi connectivity index (χ3v) is 2.61. The number of nitrogens with zero attached hydrogens (tertiary/aromatic N) is 3. The first-order chi connectivity index (χ1) is 10.0. The van der Waals surface area contributed by atoms with Crippen LogP contribution in [0.4, 0.5) is 15.8 Å². The SMILES string of the molecule is CNc1cc(C(=O)NCc2ncon2)c([N+](=O)[O-])cc1F. The average Bonchev–Trinajstić information content (AvgIpc) is 2.97. The molecule has 2 rings (SSSR count). The predicted molar refractivity (Wildman–Crippen MR) is 68.1 cm³/mol. The summed E-state index contributed by atoms with van der Waals surface area (Å²) in [6, 6.07) is 1.76. The monoisotopic (exact) mass is 295 g/mol. The van der Waals surface area contributed by atoms with E-state index in [0.29, 0.717) is 6.07 Å². The minimum atomic E-state index is -0.828. The molecule has 1 heterocycles. The number of nitro groups is 1. The molecule has 10 heteroatoms. The molecule has 1 aromatic carbocycles. The molecule has 0 aliphatic carbocycles. The molecule has 1 aromatic heterocycles. The summed E-state index contributed by atoms with van der Waals surface area (Å²) in [6.45, 7) is -0.0707. The van der Waals surface area contributed by atoms with E-state index in [1.807, 2.05) is 0 Å². The molecule has 0 spiro atoms. The van der Waals surface area contributed by atoms with Crippen molar-refractivity contribution in [1.29, 1.82) is 0 Å². The Balaban J connectivity index is 2.27. The van der Waals surface area contributed by atoms with Crippen LogP contribution in [0, 0.1) is 15.9 Å². The molecule has 2 N–H and O–H groups in total. The first kappa shape index (κ1) is 14.4. The van der Waals surface area contributed by atoms with Crippen LogP contribution < -0.4 is 10.6 Å². The van der Waals surface area contributed by atoms with E-state index < -0.39 is 22.3 Å². The number of rotatable bonds is 5. The summed E-state index contributed by atoms with van der Waals surface area (Å²) >= 11 is 0. The molecule has 0 saturated heterocycles. The van der Waals surface area contributed by atoms with Crippen molar-refractivity contribution in [1.82, 2.24) is 15.5 Å². The predicted octanol–water partition coefficient (Wildman–Crippen LogP) is 1.09. The van der Waals surface area contributed by atoms with E-state index in [0.717, 1.165) is 12.5 Å². The Morgan fingerprint density at radius 3 is 2.86 bits per heavy atom. The van der Waals surface area contributed by atoms with Gasteiger partial charge in [0.25, 0.3) is 11.6 Å². The summed E-state index contributed by atoms with van der Waals surface area (Å²) in [5.41, 5.74) is -0.920. The van der Waals surface area contributed by atoms with Crippen LogP contribution in [0.15, 0.2) is 23.0 Å². The van der Waals surface area contributed by atoms with Crippen LogP contribution in [0.3, 0.4) is 0 Å². The number of carbonyl (C=O) groups excluding carboxylic acids is 1. The average molecular weight is 295 g/mol. The topological polar surface area (TPSA) is 123 Å². The zero-order valence-electron chi connectivity index (χ0n) is 10.8. The zero-order valence-corrected chi connectivity index (χ0v) is 10.8. The van der Waals surface area contributed by atoms with Crippen LogP contribution >= 0.6 is 0 Å². The number of nitrogens with one attached hydrogen (secondary N) is 2. The number of carbonyl (C=O) groups is 1. The third kappa shape index (κ3) is 3.11. The molecule has 0 unspecified atom stereocenters. The number of nitro benzene ring substituents is 1. The molecule has 0 bridgehead atoms. The maximum absolute atomic E-state index is 13.5. The summed E-state index contributed by atoms with van der Waals surface area (Å²) in [5.74, 6) is -1.36. The molecule has 21 heavy (non-hydrogen) atoms. The van der Waals surface area contributed by atoms with E-state index in [-0.39, 0.29) is 23.6 Å². The molecule has 0 radical (unpaired) electrons. The second-order valence-corrected chi connectivity index (χ2v) is 3.89. The van der Waals surface area contributed by atoms with Gasteiger partial charge in [0.05, 0.1) is 23.2 Å². The Morgan fingerprint density at radius 2 is 2.29 bits per heavy atom.